The van der Waals surface area contributed by atoms with Gasteiger partial charge in [-0.1, -0.05) is 6.92 Å². The van der Waals surface area contributed by atoms with E-state index >= 15 is 0 Å². The second-order valence-electron chi connectivity index (χ2n) is 4.66. The average Bonchev–Trinajstić information content (AvgIpc) is 2.66. The summed E-state index contributed by atoms with van der Waals surface area (Å²) in [6, 6.07) is 1.98. The number of anilines is 1. The number of aliphatic hydroxyl groups excluding tert-OH is 1. The number of hydrogen-bond acceptors (Lipinski definition) is 4. The first-order valence-electron chi connectivity index (χ1n) is 6.30. The zero-order chi connectivity index (χ0) is 13.3. The van der Waals surface area contributed by atoms with E-state index in [1.807, 2.05) is 31.4 Å². The molecule has 0 aromatic carbocycles. The molecule has 0 saturated heterocycles. The van der Waals surface area contributed by atoms with Gasteiger partial charge in [0, 0.05) is 23.4 Å². The van der Waals surface area contributed by atoms with Gasteiger partial charge in [-0.2, -0.15) is 9.61 Å². The van der Waals surface area contributed by atoms with Crippen LogP contribution in [0.1, 0.15) is 30.8 Å². The molecule has 0 aliphatic heterocycles. The molecular formula is C13H20N4O. The topological polar surface area (TPSA) is 62.5 Å². The number of fused-ring (bicyclic) bond motifs is 1. The molecule has 2 aromatic heterocycles. The molecule has 0 bridgehead atoms. The van der Waals surface area contributed by atoms with E-state index in [0.29, 0.717) is 0 Å². The van der Waals surface area contributed by atoms with Crippen LogP contribution in [0.2, 0.25) is 0 Å². The monoisotopic (exact) mass is 248 g/mol. The number of aliphatic hydroxyl groups is 1. The van der Waals surface area contributed by atoms with E-state index < -0.39 is 0 Å². The maximum Gasteiger partial charge on any atom is 0.160 e. The Kier molecular flexibility index (Phi) is 3.52. The fourth-order valence-corrected chi connectivity index (χ4v) is 1.86. The highest BCUT2D eigenvalue weighted by molar-refractivity contribution is 5.56. The summed E-state index contributed by atoms with van der Waals surface area (Å²) in [4.78, 5) is 4.61. The van der Waals surface area contributed by atoms with Crippen LogP contribution in [0.15, 0.2) is 6.07 Å². The highest BCUT2D eigenvalue weighted by Gasteiger charge is 2.12. The van der Waals surface area contributed by atoms with Crippen molar-refractivity contribution in [3.63, 3.8) is 0 Å². The SMILES string of the molecule is CCc1cc(N[C@@H](C)CO)n2nc(C)c(C)c2n1. The van der Waals surface area contributed by atoms with Crippen molar-refractivity contribution < 1.29 is 5.11 Å². The Bertz CT molecular complexity index is 562. The van der Waals surface area contributed by atoms with Crippen LogP contribution in [0.4, 0.5) is 5.82 Å². The molecule has 2 rings (SSSR count). The molecule has 5 heteroatoms. The Morgan fingerprint density at radius 1 is 1.44 bits per heavy atom. The van der Waals surface area contributed by atoms with Gasteiger partial charge in [0.05, 0.1) is 12.3 Å². The minimum Gasteiger partial charge on any atom is -0.394 e. The molecule has 98 valence electrons. The fraction of sp³-hybridized carbons (Fsp3) is 0.538. The van der Waals surface area contributed by atoms with Crippen LogP contribution < -0.4 is 5.32 Å². The summed E-state index contributed by atoms with van der Waals surface area (Å²) >= 11 is 0. The highest BCUT2D eigenvalue weighted by Crippen LogP contribution is 2.19. The second kappa shape index (κ2) is 4.94. The van der Waals surface area contributed by atoms with Crippen molar-refractivity contribution >= 4 is 11.5 Å². The fourth-order valence-electron chi connectivity index (χ4n) is 1.86. The van der Waals surface area contributed by atoms with Gasteiger partial charge in [-0.25, -0.2) is 4.98 Å². The van der Waals surface area contributed by atoms with Gasteiger partial charge in [0.25, 0.3) is 0 Å². The molecule has 2 heterocycles. The predicted octanol–water partition coefficient (Wildman–Crippen LogP) is 1.70. The molecule has 0 fully saturated rings. The molecule has 0 unspecified atom stereocenters. The van der Waals surface area contributed by atoms with Crippen LogP contribution in [0.25, 0.3) is 5.65 Å². The van der Waals surface area contributed by atoms with Crippen LogP contribution in [-0.4, -0.2) is 32.4 Å². The molecule has 1 atom stereocenters. The first-order chi connectivity index (χ1) is 8.56. The number of nitrogens with one attached hydrogen (secondary N) is 1. The number of nitrogens with zero attached hydrogens (tertiary/aromatic N) is 3. The lowest BCUT2D eigenvalue weighted by Gasteiger charge is -2.14. The number of aromatic nitrogens is 3. The smallest absolute Gasteiger partial charge is 0.160 e. The summed E-state index contributed by atoms with van der Waals surface area (Å²) in [6.07, 6.45) is 0.877. The summed E-state index contributed by atoms with van der Waals surface area (Å²) in [5.74, 6) is 0.884. The Hall–Kier alpha value is -1.62. The summed E-state index contributed by atoms with van der Waals surface area (Å²) in [6.45, 7) is 8.11. The number of hydrogen-bond donors (Lipinski definition) is 2. The lowest BCUT2D eigenvalue weighted by atomic mass is 10.2. The summed E-state index contributed by atoms with van der Waals surface area (Å²) < 4.78 is 1.82. The lowest BCUT2D eigenvalue weighted by molar-refractivity contribution is 0.281. The van der Waals surface area contributed by atoms with Crippen molar-refractivity contribution in [3.05, 3.63) is 23.0 Å². The van der Waals surface area contributed by atoms with E-state index in [0.717, 1.165) is 34.8 Å². The molecule has 5 nitrogen and oxygen atoms in total. The average molecular weight is 248 g/mol. The van der Waals surface area contributed by atoms with Gasteiger partial charge in [-0.3, -0.25) is 0 Å². The van der Waals surface area contributed by atoms with Crippen molar-refractivity contribution in [3.8, 4) is 0 Å². The Morgan fingerprint density at radius 3 is 2.78 bits per heavy atom. The minimum atomic E-state index is -0.00915. The van der Waals surface area contributed by atoms with Crippen molar-refractivity contribution in [2.24, 2.45) is 0 Å². The Labute approximate surface area is 107 Å². The van der Waals surface area contributed by atoms with Crippen LogP contribution >= 0.6 is 0 Å². The zero-order valence-corrected chi connectivity index (χ0v) is 11.4. The van der Waals surface area contributed by atoms with Gasteiger partial charge in [0.2, 0.25) is 0 Å². The molecule has 2 N–H and O–H groups in total. The molecule has 2 aromatic rings. The standard InChI is InChI=1S/C13H20N4O/c1-5-11-6-12(14-8(2)7-18)17-13(15-11)9(3)10(4)16-17/h6,8,14,18H,5,7H2,1-4H3/t8-/m0/s1. The van der Waals surface area contributed by atoms with E-state index in [2.05, 4.69) is 22.3 Å². The van der Waals surface area contributed by atoms with Crippen LogP contribution in [0.3, 0.4) is 0 Å². The van der Waals surface area contributed by atoms with Gasteiger partial charge < -0.3 is 10.4 Å². The van der Waals surface area contributed by atoms with Crippen molar-refractivity contribution in [2.45, 2.75) is 40.2 Å². The molecule has 0 amide bonds. The first-order valence-corrected chi connectivity index (χ1v) is 6.30. The summed E-state index contributed by atoms with van der Waals surface area (Å²) in [5, 5.41) is 16.9. The van der Waals surface area contributed by atoms with Crippen molar-refractivity contribution in [1.29, 1.82) is 0 Å². The van der Waals surface area contributed by atoms with E-state index in [1.165, 1.54) is 0 Å². The molecule has 0 aliphatic carbocycles. The predicted molar refractivity (Wildman–Crippen MR) is 72.0 cm³/mol. The van der Waals surface area contributed by atoms with Crippen molar-refractivity contribution in [2.75, 3.05) is 11.9 Å². The molecular weight excluding hydrogens is 228 g/mol. The second-order valence-corrected chi connectivity index (χ2v) is 4.66. The van der Waals surface area contributed by atoms with Crippen LogP contribution in [0.5, 0.6) is 0 Å². The van der Waals surface area contributed by atoms with E-state index in [-0.39, 0.29) is 12.6 Å². The molecule has 0 aliphatic rings. The Balaban J connectivity index is 2.58. The van der Waals surface area contributed by atoms with Crippen LogP contribution in [-0.2, 0) is 6.42 Å². The largest absolute Gasteiger partial charge is 0.394 e. The highest BCUT2D eigenvalue weighted by atomic mass is 16.3. The normalized spacial score (nSPS) is 12.9. The van der Waals surface area contributed by atoms with E-state index in [1.54, 1.807) is 0 Å². The molecule has 0 spiro atoms. The number of rotatable bonds is 4. The lowest BCUT2D eigenvalue weighted by Crippen LogP contribution is -2.21. The maximum absolute atomic E-state index is 9.15. The first kappa shape index (κ1) is 12.8. The van der Waals surface area contributed by atoms with Crippen molar-refractivity contribution in [1.82, 2.24) is 14.6 Å². The summed E-state index contributed by atoms with van der Waals surface area (Å²) in [5.41, 5.74) is 4.00. The van der Waals surface area contributed by atoms with Crippen LogP contribution in [0, 0.1) is 13.8 Å². The van der Waals surface area contributed by atoms with Gasteiger partial charge in [-0.15, -0.1) is 0 Å². The zero-order valence-electron chi connectivity index (χ0n) is 11.4. The van der Waals surface area contributed by atoms with Gasteiger partial charge in [0.1, 0.15) is 5.82 Å². The number of aryl methyl sites for hydroxylation is 3. The molecule has 0 saturated carbocycles. The maximum atomic E-state index is 9.15. The Morgan fingerprint density at radius 2 is 2.17 bits per heavy atom. The van der Waals surface area contributed by atoms with Gasteiger partial charge in [-0.05, 0) is 27.2 Å². The third-order valence-corrected chi connectivity index (χ3v) is 3.14. The van der Waals surface area contributed by atoms with E-state index in [9.17, 15) is 0 Å². The molecule has 18 heavy (non-hydrogen) atoms. The van der Waals surface area contributed by atoms with E-state index in [4.69, 9.17) is 5.11 Å². The third kappa shape index (κ3) is 2.18. The summed E-state index contributed by atoms with van der Waals surface area (Å²) in [7, 11) is 0. The third-order valence-electron chi connectivity index (χ3n) is 3.14. The quantitative estimate of drug-likeness (QED) is 0.864. The van der Waals surface area contributed by atoms with Gasteiger partial charge in [0.15, 0.2) is 5.65 Å². The molecule has 0 radical (unpaired) electrons. The van der Waals surface area contributed by atoms with Gasteiger partial charge >= 0.3 is 0 Å². The minimum absolute atomic E-state index is 0.00915.